The summed E-state index contributed by atoms with van der Waals surface area (Å²) in [6.07, 6.45) is 0. The van der Waals surface area contributed by atoms with Gasteiger partial charge in [0.15, 0.2) is 11.6 Å². The SMILES string of the molecule is CCN(Cc1ccc(OC)c(F)c1)C(=O)c1cscn1. The van der Waals surface area contributed by atoms with E-state index in [2.05, 4.69) is 4.98 Å². The molecule has 106 valence electrons. The molecule has 1 aromatic heterocycles. The number of nitrogens with zero attached hydrogens (tertiary/aromatic N) is 2. The fraction of sp³-hybridized carbons (Fsp3) is 0.286. The number of carbonyl (C=O) groups excluding carboxylic acids is 1. The lowest BCUT2D eigenvalue weighted by Crippen LogP contribution is -2.30. The molecular formula is C14H15FN2O2S. The molecule has 0 atom stereocenters. The fourth-order valence-electron chi connectivity index (χ4n) is 1.84. The number of rotatable bonds is 5. The van der Waals surface area contributed by atoms with Crippen LogP contribution in [-0.4, -0.2) is 29.4 Å². The molecular weight excluding hydrogens is 279 g/mol. The first-order valence-electron chi connectivity index (χ1n) is 6.15. The summed E-state index contributed by atoms with van der Waals surface area (Å²) in [5.41, 5.74) is 2.76. The molecule has 2 aromatic rings. The van der Waals surface area contributed by atoms with Crippen molar-refractivity contribution in [1.29, 1.82) is 0 Å². The van der Waals surface area contributed by atoms with Crippen molar-refractivity contribution in [3.8, 4) is 5.75 Å². The van der Waals surface area contributed by atoms with Crippen molar-refractivity contribution in [3.05, 3.63) is 46.2 Å². The predicted molar refractivity (Wildman–Crippen MR) is 75.5 cm³/mol. The van der Waals surface area contributed by atoms with Gasteiger partial charge in [0.05, 0.1) is 12.6 Å². The summed E-state index contributed by atoms with van der Waals surface area (Å²) >= 11 is 1.37. The van der Waals surface area contributed by atoms with Crippen LogP contribution < -0.4 is 4.74 Å². The first-order valence-corrected chi connectivity index (χ1v) is 7.09. The van der Waals surface area contributed by atoms with Gasteiger partial charge < -0.3 is 9.64 Å². The minimum Gasteiger partial charge on any atom is -0.494 e. The largest absolute Gasteiger partial charge is 0.494 e. The highest BCUT2D eigenvalue weighted by atomic mass is 32.1. The lowest BCUT2D eigenvalue weighted by Gasteiger charge is -2.20. The highest BCUT2D eigenvalue weighted by Gasteiger charge is 2.16. The molecule has 0 spiro atoms. The van der Waals surface area contributed by atoms with E-state index in [4.69, 9.17) is 4.74 Å². The number of amides is 1. The van der Waals surface area contributed by atoms with Crippen molar-refractivity contribution in [2.75, 3.05) is 13.7 Å². The van der Waals surface area contributed by atoms with Crippen LogP contribution in [0, 0.1) is 5.82 Å². The Bertz CT molecular complexity index is 587. The molecule has 20 heavy (non-hydrogen) atoms. The van der Waals surface area contributed by atoms with Crippen LogP contribution in [0.1, 0.15) is 23.0 Å². The van der Waals surface area contributed by atoms with Gasteiger partial charge in [-0.3, -0.25) is 4.79 Å². The van der Waals surface area contributed by atoms with E-state index < -0.39 is 5.82 Å². The van der Waals surface area contributed by atoms with Crippen molar-refractivity contribution >= 4 is 17.2 Å². The Kier molecular flexibility index (Phi) is 4.68. The molecule has 0 aliphatic carbocycles. The molecule has 4 nitrogen and oxygen atoms in total. The number of hydrogen-bond donors (Lipinski definition) is 0. The second-order valence-electron chi connectivity index (χ2n) is 4.16. The first-order chi connectivity index (χ1) is 9.65. The van der Waals surface area contributed by atoms with Crippen LogP contribution in [0.3, 0.4) is 0 Å². The maximum atomic E-state index is 13.6. The summed E-state index contributed by atoms with van der Waals surface area (Å²) in [4.78, 5) is 17.8. The van der Waals surface area contributed by atoms with Crippen molar-refractivity contribution in [3.63, 3.8) is 0 Å². The van der Waals surface area contributed by atoms with E-state index in [9.17, 15) is 9.18 Å². The Hall–Kier alpha value is -1.95. The van der Waals surface area contributed by atoms with Crippen molar-refractivity contribution < 1.29 is 13.9 Å². The van der Waals surface area contributed by atoms with E-state index >= 15 is 0 Å². The third-order valence-corrected chi connectivity index (χ3v) is 3.50. The Morgan fingerprint density at radius 1 is 1.50 bits per heavy atom. The Labute approximate surface area is 120 Å². The highest BCUT2D eigenvalue weighted by molar-refractivity contribution is 7.07. The topological polar surface area (TPSA) is 42.4 Å². The van der Waals surface area contributed by atoms with Gasteiger partial charge in [-0.15, -0.1) is 11.3 Å². The summed E-state index contributed by atoms with van der Waals surface area (Å²) in [6, 6.07) is 4.69. The van der Waals surface area contributed by atoms with Gasteiger partial charge in [0.25, 0.3) is 5.91 Å². The summed E-state index contributed by atoms with van der Waals surface area (Å²) in [5.74, 6) is -0.380. The van der Waals surface area contributed by atoms with Crippen LogP contribution in [0.15, 0.2) is 29.1 Å². The second-order valence-corrected chi connectivity index (χ2v) is 4.88. The van der Waals surface area contributed by atoms with Gasteiger partial charge >= 0.3 is 0 Å². The zero-order valence-electron chi connectivity index (χ0n) is 11.3. The molecule has 0 unspecified atom stereocenters. The minimum absolute atomic E-state index is 0.148. The molecule has 0 N–H and O–H groups in total. The van der Waals surface area contributed by atoms with Crippen LogP contribution in [-0.2, 0) is 6.54 Å². The lowest BCUT2D eigenvalue weighted by molar-refractivity contribution is 0.0747. The van der Waals surface area contributed by atoms with Crippen LogP contribution in [0.5, 0.6) is 5.75 Å². The minimum atomic E-state index is -0.429. The molecule has 0 radical (unpaired) electrons. The maximum absolute atomic E-state index is 13.6. The molecule has 2 rings (SSSR count). The Morgan fingerprint density at radius 3 is 2.85 bits per heavy atom. The third-order valence-electron chi connectivity index (χ3n) is 2.91. The fourth-order valence-corrected chi connectivity index (χ4v) is 2.36. The average Bonchev–Trinajstić information content (AvgIpc) is 2.98. The molecule has 1 heterocycles. The molecule has 0 bridgehead atoms. The number of ether oxygens (including phenoxy) is 1. The van der Waals surface area contributed by atoms with Crippen molar-refractivity contribution in [1.82, 2.24) is 9.88 Å². The van der Waals surface area contributed by atoms with E-state index in [1.165, 1.54) is 24.5 Å². The van der Waals surface area contributed by atoms with Gasteiger partial charge in [-0.1, -0.05) is 6.07 Å². The maximum Gasteiger partial charge on any atom is 0.273 e. The van der Waals surface area contributed by atoms with E-state index in [1.54, 1.807) is 27.9 Å². The zero-order chi connectivity index (χ0) is 14.5. The van der Waals surface area contributed by atoms with Gasteiger partial charge in [0, 0.05) is 18.5 Å². The predicted octanol–water partition coefficient (Wildman–Crippen LogP) is 2.95. The number of methoxy groups -OCH3 is 1. The summed E-state index contributed by atoms with van der Waals surface area (Å²) < 4.78 is 18.5. The second kappa shape index (κ2) is 6.47. The number of hydrogen-bond acceptors (Lipinski definition) is 4. The molecule has 0 aliphatic rings. The van der Waals surface area contributed by atoms with Crippen LogP contribution in [0.2, 0.25) is 0 Å². The smallest absolute Gasteiger partial charge is 0.273 e. The van der Waals surface area contributed by atoms with Gasteiger partial charge in [0.1, 0.15) is 5.69 Å². The van der Waals surface area contributed by atoms with E-state index in [1.807, 2.05) is 6.92 Å². The number of benzene rings is 1. The highest BCUT2D eigenvalue weighted by Crippen LogP contribution is 2.19. The van der Waals surface area contributed by atoms with Gasteiger partial charge in [-0.25, -0.2) is 9.37 Å². The molecule has 6 heteroatoms. The number of halogens is 1. The summed E-state index contributed by atoms with van der Waals surface area (Å²) in [7, 11) is 1.42. The molecule has 1 aromatic carbocycles. The number of carbonyl (C=O) groups is 1. The van der Waals surface area contributed by atoms with Crippen LogP contribution >= 0.6 is 11.3 Å². The summed E-state index contributed by atoms with van der Waals surface area (Å²) in [6.45, 7) is 2.75. The monoisotopic (exact) mass is 294 g/mol. The van der Waals surface area contributed by atoms with E-state index in [0.29, 0.717) is 24.3 Å². The molecule has 0 saturated heterocycles. The quantitative estimate of drug-likeness (QED) is 0.851. The Balaban J connectivity index is 2.14. The molecule has 1 amide bonds. The van der Waals surface area contributed by atoms with E-state index in [-0.39, 0.29) is 11.7 Å². The third kappa shape index (κ3) is 3.14. The molecule has 0 saturated carbocycles. The Morgan fingerprint density at radius 2 is 2.30 bits per heavy atom. The van der Waals surface area contributed by atoms with Crippen molar-refractivity contribution in [2.45, 2.75) is 13.5 Å². The normalized spacial score (nSPS) is 10.3. The van der Waals surface area contributed by atoms with Crippen LogP contribution in [0.25, 0.3) is 0 Å². The van der Waals surface area contributed by atoms with Gasteiger partial charge in [0.2, 0.25) is 0 Å². The van der Waals surface area contributed by atoms with Crippen molar-refractivity contribution in [2.24, 2.45) is 0 Å². The average molecular weight is 294 g/mol. The first kappa shape index (κ1) is 14.5. The van der Waals surface area contributed by atoms with E-state index in [0.717, 1.165) is 0 Å². The van der Waals surface area contributed by atoms with Gasteiger partial charge in [-0.05, 0) is 24.6 Å². The zero-order valence-corrected chi connectivity index (χ0v) is 12.1. The molecule has 0 fully saturated rings. The van der Waals surface area contributed by atoms with Gasteiger partial charge in [-0.2, -0.15) is 0 Å². The van der Waals surface area contributed by atoms with Crippen LogP contribution in [0.4, 0.5) is 4.39 Å². The standard InChI is InChI=1S/C14H15FN2O2S/c1-3-17(14(18)12-8-20-9-16-12)7-10-4-5-13(19-2)11(15)6-10/h4-6,8-9H,3,7H2,1-2H3. The number of thiazole rings is 1. The summed E-state index contributed by atoms with van der Waals surface area (Å²) in [5, 5.41) is 1.71. The lowest BCUT2D eigenvalue weighted by atomic mass is 10.2. The molecule has 0 aliphatic heterocycles. The number of aromatic nitrogens is 1.